The number of hydrogen-bond donors (Lipinski definition) is 0. The third-order valence-electron chi connectivity index (χ3n) is 6.57. The van der Waals surface area contributed by atoms with E-state index in [2.05, 4.69) is 83.1 Å². The Morgan fingerprint density at radius 1 is 0.439 bits per heavy atom. The summed E-state index contributed by atoms with van der Waals surface area (Å²) in [4.78, 5) is 47.8. The van der Waals surface area contributed by atoms with E-state index in [9.17, 15) is 19.6 Å². The summed E-state index contributed by atoms with van der Waals surface area (Å²) < 4.78 is 0. The van der Waals surface area contributed by atoms with Crippen molar-refractivity contribution < 1.29 is 78.0 Å². The molecule has 0 N–H and O–H groups in total. The van der Waals surface area contributed by atoms with E-state index in [0.717, 1.165) is 74.4 Å². The summed E-state index contributed by atoms with van der Waals surface area (Å²) in [6.07, 6.45) is 8.57. The summed E-state index contributed by atoms with van der Waals surface area (Å²) in [5.74, 6) is 2.88. The molecule has 0 unspecified atom stereocenters. The maximum atomic E-state index is 12.0. The molecular formula is C28H60O4P2S4Zn3. The van der Waals surface area contributed by atoms with E-state index < -0.39 is 31.5 Å². The van der Waals surface area contributed by atoms with Gasteiger partial charge in [0.25, 0.3) is 0 Å². The summed E-state index contributed by atoms with van der Waals surface area (Å²) >= 11 is 9.65. The van der Waals surface area contributed by atoms with Crippen molar-refractivity contribution in [1.29, 1.82) is 0 Å². The molecule has 0 radical (unpaired) electrons. The van der Waals surface area contributed by atoms with Crippen LogP contribution in [-0.2, 0) is 103 Å². The van der Waals surface area contributed by atoms with Crippen molar-refractivity contribution in [1.82, 2.24) is 0 Å². The number of rotatable bonds is 16. The third kappa shape index (κ3) is 28.7. The van der Waals surface area contributed by atoms with Gasteiger partial charge in [-0.25, -0.2) is 20.1 Å². The average molecular weight is 847 g/mol. The molecule has 0 spiro atoms. The minimum atomic E-state index is -3.65. The first kappa shape index (κ1) is 54.4. The zero-order valence-corrected chi connectivity index (χ0v) is 42.7. The molecular weight excluding hydrogens is 787 g/mol. The van der Waals surface area contributed by atoms with E-state index >= 15 is 0 Å². The minimum absolute atomic E-state index is 0. The van der Waals surface area contributed by atoms with Crippen LogP contribution in [0.3, 0.4) is 0 Å². The summed E-state index contributed by atoms with van der Waals surface area (Å²) in [6, 6.07) is 0. The van der Waals surface area contributed by atoms with E-state index in [-0.39, 0.29) is 80.1 Å². The maximum absolute atomic E-state index is 12.0. The third-order valence-corrected chi connectivity index (χ3v) is 21.4. The molecule has 0 atom stereocenters. The van der Waals surface area contributed by atoms with Gasteiger partial charge in [-0.1, -0.05) is 109 Å². The van der Waals surface area contributed by atoms with Crippen molar-refractivity contribution in [3.8, 4) is 0 Å². The quantitative estimate of drug-likeness (QED) is 0.102. The molecule has 0 aliphatic carbocycles. The molecule has 0 aromatic heterocycles. The van der Waals surface area contributed by atoms with Gasteiger partial charge in [0.05, 0.1) is 0 Å². The van der Waals surface area contributed by atoms with Gasteiger partial charge in [0.1, 0.15) is 0 Å². The van der Waals surface area contributed by atoms with Crippen LogP contribution in [0.15, 0.2) is 0 Å². The van der Waals surface area contributed by atoms with E-state index in [0.29, 0.717) is 0 Å². The fourth-order valence-electron chi connectivity index (χ4n) is 5.22. The van der Waals surface area contributed by atoms with Gasteiger partial charge < -0.3 is 55.5 Å². The van der Waals surface area contributed by atoms with Crippen LogP contribution < -0.4 is 19.6 Å². The Morgan fingerprint density at radius 3 is 0.683 bits per heavy atom. The van der Waals surface area contributed by atoms with Gasteiger partial charge in [-0.3, -0.25) is 0 Å². The zero-order valence-electron chi connectivity index (χ0n) is 28.8. The first-order valence-corrected chi connectivity index (χ1v) is 23.9. The molecule has 0 rings (SSSR count). The van der Waals surface area contributed by atoms with Gasteiger partial charge in [-0.15, -0.1) is 0 Å². The van der Waals surface area contributed by atoms with Gasteiger partial charge in [-0.2, -0.15) is 0 Å². The van der Waals surface area contributed by atoms with Gasteiger partial charge in [0.15, 0.2) is 0 Å². The maximum Gasteiger partial charge on any atom is 2.00 e. The van der Waals surface area contributed by atoms with E-state index in [4.69, 9.17) is 24.5 Å². The molecule has 4 nitrogen and oxygen atoms in total. The van der Waals surface area contributed by atoms with Crippen LogP contribution in [0.4, 0.5) is 0 Å². The van der Waals surface area contributed by atoms with Crippen molar-refractivity contribution >= 4 is 56.0 Å². The van der Waals surface area contributed by atoms with Crippen molar-refractivity contribution in [3.05, 3.63) is 0 Å². The van der Waals surface area contributed by atoms with Crippen LogP contribution in [-0.4, -0.2) is 23.0 Å². The molecule has 0 saturated heterocycles. The van der Waals surface area contributed by atoms with Crippen molar-refractivity contribution in [2.75, 3.05) is 23.0 Å². The fourth-order valence-corrected chi connectivity index (χ4v) is 18.2. The summed E-state index contributed by atoms with van der Waals surface area (Å²) in [6.45, 7) is 25.9. The Labute approximate surface area is 310 Å². The molecule has 0 bridgehead atoms. The van der Waals surface area contributed by atoms with Gasteiger partial charge in [0.2, 0.25) is 0 Å². The van der Waals surface area contributed by atoms with E-state index in [1.54, 1.807) is 0 Å². The smallest absolute Gasteiger partial charge is 0.854 e. The zero-order chi connectivity index (χ0) is 30.6. The second-order valence-corrected chi connectivity index (χ2v) is 29.1. The molecule has 0 aromatic carbocycles. The summed E-state index contributed by atoms with van der Waals surface area (Å²) in [5.41, 5.74) is -7.04. The van der Waals surface area contributed by atoms with E-state index in [1.165, 1.54) is 0 Å². The molecule has 0 amide bonds. The SMILES string of the molecule is CCCC(C)(C)CS(CC(C)(C)CCC)=P([O-])([O-])[S-].CCCC(C)(C)CS(CC(C)(C)CCC)=P([O-])([O-])[S-].[Zn+2].[Zn+2].[Zn+2]. The predicted molar refractivity (Wildman–Crippen MR) is 178 cm³/mol. The molecule has 0 heterocycles. The van der Waals surface area contributed by atoms with Gasteiger partial charge in [0, 0.05) is 0 Å². The van der Waals surface area contributed by atoms with Crippen molar-refractivity contribution in [2.45, 2.75) is 134 Å². The Bertz CT molecular complexity index is 686. The molecule has 41 heavy (non-hydrogen) atoms. The van der Waals surface area contributed by atoms with Gasteiger partial charge in [-0.05, 0) is 70.4 Å². The molecule has 0 aliphatic rings. The van der Waals surface area contributed by atoms with Crippen LogP contribution in [0.1, 0.15) is 134 Å². The summed E-state index contributed by atoms with van der Waals surface area (Å²) in [7, 11) is -1.34. The number of hydrogen-bond acceptors (Lipinski definition) is 6. The average Bonchev–Trinajstić information content (AvgIpc) is 2.65. The fraction of sp³-hybridized carbons (Fsp3) is 1.00. The molecule has 13 heteroatoms. The molecule has 236 valence electrons. The largest absolute Gasteiger partial charge is 2.00 e. The van der Waals surface area contributed by atoms with E-state index in [1.807, 2.05) is 0 Å². The van der Waals surface area contributed by atoms with Crippen LogP contribution in [0, 0.1) is 21.7 Å². The Kier molecular flexibility index (Phi) is 32.1. The second-order valence-electron chi connectivity index (χ2n) is 14.1. The van der Waals surface area contributed by atoms with Gasteiger partial charge >= 0.3 is 58.4 Å². The van der Waals surface area contributed by atoms with Crippen LogP contribution in [0.5, 0.6) is 0 Å². The van der Waals surface area contributed by atoms with Crippen molar-refractivity contribution in [3.63, 3.8) is 0 Å². The molecule has 0 fully saturated rings. The topological polar surface area (TPSA) is 92.2 Å². The van der Waals surface area contributed by atoms with Crippen molar-refractivity contribution in [2.24, 2.45) is 21.7 Å². The Hall–Kier alpha value is 3.97. The first-order valence-electron chi connectivity index (χ1n) is 14.3. The molecule has 0 saturated carbocycles. The molecule has 0 aliphatic heterocycles. The predicted octanol–water partition coefficient (Wildman–Crippen LogP) is 6.40. The second kappa shape index (κ2) is 24.2. The van der Waals surface area contributed by atoms with Crippen LogP contribution in [0.25, 0.3) is 0 Å². The summed E-state index contributed by atoms with van der Waals surface area (Å²) in [5, 5.41) is 0. The Balaban J connectivity index is -0.000000196. The minimum Gasteiger partial charge on any atom is -0.854 e. The first-order chi connectivity index (χ1) is 16.9. The molecule has 0 aromatic rings. The van der Waals surface area contributed by atoms with Crippen LogP contribution >= 0.6 is 11.4 Å². The normalized spacial score (nSPS) is 13.2. The standard InChI is InChI=1S/2C14H30O2PS2.3Zn/c2*1-7-9-13(3,4)11-19(17(15,16)18)12-14(5,6)10-8-2;;;/h2*7-12H2,1-6H3;;;/q2*-3;3*+2. The Morgan fingerprint density at radius 2 is 0.585 bits per heavy atom. The monoisotopic (exact) mass is 842 g/mol. The van der Waals surface area contributed by atoms with Crippen LogP contribution in [0.2, 0.25) is 0 Å².